The highest BCUT2D eigenvalue weighted by Crippen LogP contribution is 2.35. The maximum atomic E-state index is 12.9. The standard InChI is InChI=1S/C15H18FNO4/c1-15(2,3)21-14(20)17-8-11(12(17)13(18)19)9-4-6-10(16)7-5-9/h4-7,11-12H,8H2,1-3H3,(H,18,19)/t11-,12+/m0/s1. The molecule has 0 spiro atoms. The number of likely N-dealkylation sites (tertiary alicyclic amines) is 1. The summed E-state index contributed by atoms with van der Waals surface area (Å²) in [7, 11) is 0. The van der Waals surface area contributed by atoms with E-state index in [1.54, 1.807) is 32.9 Å². The molecule has 0 bridgehead atoms. The van der Waals surface area contributed by atoms with Crippen LogP contribution in [0.15, 0.2) is 24.3 Å². The Morgan fingerprint density at radius 2 is 1.86 bits per heavy atom. The molecular weight excluding hydrogens is 277 g/mol. The molecule has 0 aliphatic carbocycles. The number of benzene rings is 1. The zero-order chi connectivity index (χ0) is 15.8. The Balaban J connectivity index is 2.13. The minimum absolute atomic E-state index is 0.248. The fraction of sp³-hybridized carbons (Fsp3) is 0.467. The summed E-state index contributed by atoms with van der Waals surface area (Å²) in [4.78, 5) is 24.5. The first-order valence-corrected chi connectivity index (χ1v) is 6.67. The fourth-order valence-electron chi connectivity index (χ4n) is 2.32. The van der Waals surface area contributed by atoms with Gasteiger partial charge in [-0.3, -0.25) is 4.90 Å². The molecule has 0 saturated carbocycles. The second kappa shape index (κ2) is 5.35. The first-order chi connectivity index (χ1) is 9.69. The molecule has 1 amide bonds. The van der Waals surface area contributed by atoms with Gasteiger partial charge in [0.25, 0.3) is 0 Å². The number of rotatable bonds is 2. The largest absolute Gasteiger partial charge is 0.480 e. The van der Waals surface area contributed by atoms with Gasteiger partial charge >= 0.3 is 12.1 Å². The molecule has 2 rings (SSSR count). The van der Waals surface area contributed by atoms with E-state index in [1.807, 2.05) is 0 Å². The van der Waals surface area contributed by atoms with E-state index in [0.717, 1.165) is 0 Å². The fourth-order valence-corrected chi connectivity index (χ4v) is 2.32. The van der Waals surface area contributed by atoms with Crippen molar-refractivity contribution in [3.05, 3.63) is 35.6 Å². The maximum absolute atomic E-state index is 12.9. The molecule has 1 aliphatic rings. The number of aliphatic carboxylic acids is 1. The highest BCUT2D eigenvalue weighted by Gasteiger charge is 2.48. The van der Waals surface area contributed by atoms with Crippen molar-refractivity contribution in [2.45, 2.75) is 38.3 Å². The molecule has 6 heteroatoms. The Hall–Kier alpha value is -2.11. The van der Waals surface area contributed by atoms with Crippen LogP contribution in [0, 0.1) is 5.82 Å². The number of hydrogen-bond donors (Lipinski definition) is 1. The Morgan fingerprint density at radius 1 is 1.29 bits per heavy atom. The van der Waals surface area contributed by atoms with Crippen LogP contribution >= 0.6 is 0 Å². The van der Waals surface area contributed by atoms with Gasteiger partial charge in [-0.25, -0.2) is 14.0 Å². The summed E-state index contributed by atoms with van der Waals surface area (Å²) in [5.74, 6) is -1.83. The van der Waals surface area contributed by atoms with Crippen LogP contribution < -0.4 is 0 Å². The molecule has 114 valence electrons. The van der Waals surface area contributed by atoms with Gasteiger partial charge in [0.15, 0.2) is 0 Å². The van der Waals surface area contributed by atoms with Crippen molar-refractivity contribution in [3.63, 3.8) is 0 Å². The Morgan fingerprint density at radius 3 is 2.33 bits per heavy atom. The molecule has 1 aliphatic heterocycles. The van der Waals surface area contributed by atoms with Crippen molar-refractivity contribution in [1.82, 2.24) is 4.90 Å². The zero-order valence-corrected chi connectivity index (χ0v) is 12.2. The van der Waals surface area contributed by atoms with E-state index in [0.29, 0.717) is 5.56 Å². The molecular formula is C15H18FNO4. The second-order valence-electron chi connectivity index (χ2n) is 6.07. The number of halogens is 1. The Kier molecular flexibility index (Phi) is 3.89. The van der Waals surface area contributed by atoms with Crippen LogP contribution in [-0.4, -0.2) is 40.3 Å². The van der Waals surface area contributed by atoms with E-state index in [-0.39, 0.29) is 18.3 Å². The molecule has 5 nitrogen and oxygen atoms in total. The number of carboxylic acids is 1. The average Bonchev–Trinajstić information content (AvgIpc) is 2.27. The van der Waals surface area contributed by atoms with Crippen molar-refractivity contribution in [2.75, 3.05) is 6.54 Å². The molecule has 0 aromatic heterocycles. The SMILES string of the molecule is CC(C)(C)OC(=O)N1C[C@@H](c2ccc(F)cc2)[C@@H]1C(=O)O. The predicted octanol–water partition coefficient (Wildman–Crippen LogP) is 2.61. The van der Waals surface area contributed by atoms with E-state index in [2.05, 4.69) is 0 Å². The van der Waals surface area contributed by atoms with Gasteiger partial charge in [0.05, 0.1) is 0 Å². The van der Waals surface area contributed by atoms with Gasteiger partial charge in [-0.15, -0.1) is 0 Å². The number of amides is 1. The first kappa shape index (κ1) is 15.3. The molecule has 21 heavy (non-hydrogen) atoms. The van der Waals surface area contributed by atoms with Gasteiger partial charge in [0, 0.05) is 12.5 Å². The second-order valence-corrected chi connectivity index (χ2v) is 6.07. The number of hydrogen-bond acceptors (Lipinski definition) is 3. The van der Waals surface area contributed by atoms with Gasteiger partial charge in [0.1, 0.15) is 17.5 Å². The van der Waals surface area contributed by atoms with E-state index in [1.165, 1.54) is 17.0 Å². The third kappa shape index (κ3) is 3.32. The Labute approximate surface area is 122 Å². The van der Waals surface area contributed by atoms with Crippen LogP contribution in [0.5, 0.6) is 0 Å². The van der Waals surface area contributed by atoms with Gasteiger partial charge in [-0.2, -0.15) is 0 Å². The highest BCUT2D eigenvalue weighted by atomic mass is 19.1. The molecule has 0 radical (unpaired) electrons. The van der Waals surface area contributed by atoms with Gasteiger partial charge in [-0.1, -0.05) is 12.1 Å². The van der Waals surface area contributed by atoms with Crippen molar-refractivity contribution in [1.29, 1.82) is 0 Å². The molecule has 1 heterocycles. The number of ether oxygens (including phenoxy) is 1. The van der Waals surface area contributed by atoms with E-state index in [9.17, 15) is 19.1 Å². The maximum Gasteiger partial charge on any atom is 0.411 e. The van der Waals surface area contributed by atoms with E-state index >= 15 is 0 Å². The molecule has 0 unspecified atom stereocenters. The minimum atomic E-state index is -1.10. The monoisotopic (exact) mass is 295 g/mol. The number of carbonyl (C=O) groups excluding carboxylic acids is 1. The van der Waals surface area contributed by atoms with Gasteiger partial charge in [-0.05, 0) is 38.5 Å². The quantitative estimate of drug-likeness (QED) is 0.910. The van der Waals surface area contributed by atoms with Crippen LogP contribution in [0.1, 0.15) is 32.3 Å². The lowest BCUT2D eigenvalue weighted by Gasteiger charge is -2.45. The highest BCUT2D eigenvalue weighted by molar-refractivity contribution is 5.83. The molecule has 1 aromatic rings. The van der Waals surface area contributed by atoms with Crippen LogP contribution in [0.3, 0.4) is 0 Å². The van der Waals surface area contributed by atoms with Crippen molar-refractivity contribution in [3.8, 4) is 0 Å². The van der Waals surface area contributed by atoms with Crippen LogP contribution in [-0.2, 0) is 9.53 Å². The molecule has 1 saturated heterocycles. The van der Waals surface area contributed by atoms with Crippen LogP contribution in [0.25, 0.3) is 0 Å². The van der Waals surface area contributed by atoms with Crippen molar-refractivity contribution < 1.29 is 23.8 Å². The first-order valence-electron chi connectivity index (χ1n) is 6.67. The van der Waals surface area contributed by atoms with Gasteiger partial charge < -0.3 is 9.84 Å². The molecule has 1 aromatic carbocycles. The summed E-state index contributed by atoms with van der Waals surface area (Å²) >= 11 is 0. The third-order valence-corrected chi connectivity index (χ3v) is 3.29. The van der Waals surface area contributed by atoms with Crippen molar-refractivity contribution in [2.24, 2.45) is 0 Å². The van der Waals surface area contributed by atoms with E-state index < -0.39 is 23.7 Å². The summed E-state index contributed by atoms with van der Waals surface area (Å²) in [5, 5.41) is 9.31. The predicted molar refractivity (Wildman–Crippen MR) is 73.5 cm³/mol. The van der Waals surface area contributed by atoms with Crippen LogP contribution in [0.4, 0.5) is 9.18 Å². The van der Waals surface area contributed by atoms with Crippen LogP contribution in [0.2, 0.25) is 0 Å². The third-order valence-electron chi connectivity index (χ3n) is 3.29. The number of carbonyl (C=O) groups is 2. The summed E-state index contributed by atoms with van der Waals surface area (Å²) < 4.78 is 18.1. The average molecular weight is 295 g/mol. The lowest BCUT2D eigenvalue weighted by molar-refractivity contribution is -0.149. The lowest BCUT2D eigenvalue weighted by atomic mass is 9.83. The summed E-state index contributed by atoms with van der Waals surface area (Å²) in [5.41, 5.74) is 0.0183. The minimum Gasteiger partial charge on any atom is -0.480 e. The lowest BCUT2D eigenvalue weighted by Crippen LogP contribution is -2.61. The normalized spacial score (nSPS) is 21.6. The zero-order valence-electron chi connectivity index (χ0n) is 12.2. The molecule has 1 N–H and O–H groups in total. The van der Waals surface area contributed by atoms with E-state index in [4.69, 9.17) is 4.74 Å². The summed E-state index contributed by atoms with van der Waals surface area (Å²) in [6.45, 7) is 5.41. The summed E-state index contributed by atoms with van der Waals surface area (Å²) in [6.07, 6.45) is -0.645. The number of nitrogens with zero attached hydrogens (tertiary/aromatic N) is 1. The topological polar surface area (TPSA) is 66.8 Å². The Bertz CT molecular complexity index is 550. The number of carboxylic acid groups (broad SMARTS) is 1. The molecule has 2 atom stereocenters. The summed E-state index contributed by atoms with van der Waals surface area (Å²) in [6, 6.07) is 4.67. The van der Waals surface area contributed by atoms with Crippen molar-refractivity contribution >= 4 is 12.1 Å². The smallest absolute Gasteiger partial charge is 0.411 e. The molecule has 1 fully saturated rings. The van der Waals surface area contributed by atoms with Gasteiger partial charge in [0.2, 0.25) is 0 Å².